The molecule has 2 saturated heterocycles. The van der Waals surface area contributed by atoms with Crippen molar-refractivity contribution in [3.63, 3.8) is 0 Å². The molecule has 0 aromatic heterocycles. The summed E-state index contributed by atoms with van der Waals surface area (Å²) in [5.41, 5.74) is 2.70. The van der Waals surface area contributed by atoms with Crippen LogP contribution in [0, 0.1) is 0 Å². The maximum Gasteiger partial charge on any atom is 0.0949 e. The maximum absolute atomic E-state index is 5.60. The van der Waals surface area contributed by atoms with Gasteiger partial charge in [-0.05, 0) is 30.5 Å². The molecule has 3 nitrogen and oxygen atoms in total. The first kappa shape index (κ1) is 18.9. The van der Waals surface area contributed by atoms with Crippen LogP contribution in [0.25, 0.3) is 0 Å². The summed E-state index contributed by atoms with van der Waals surface area (Å²) in [6.45, 7) is 3.91. The number of benzene rings is 2. The van der Waals surface area contributed by atoms with Gasteiger partial charge in [-0.15, -0.1) is 12.4 Å². The van der Waals surface area contributed by atoms with Gasteiger partial charge in [0, 0.05) is 19.1 Å². The number of hydrogen-bond donors (Lipinski definition) is 2. The predicted octanol–water partition coefficient (Wildman–Crippen LogP) is 3.88. The monoisotopic (exact) mass is 346 g/mol. The van der Waals surface area contributed by atoms with Gasteiger partial charge in [0.2, 0.25) is 0 Å². The first-order valence-electron chi connectivity index (χ1n) is 8.59. The average Bonchev–Trinajstić information content (AvgIpc) is 3.19. The standard InChI is InChI=1S/C10H13NO.C10H13N.ClH/c1-2-4-9(5-3-1)10-8-11-6-7-12-10;1-2-5-9(6-3-1)10-7-4-8-11-10;/h1-5,10-11H,6-8H2;1-3,5-6,10-11H,4,7-8H2;1H/t;10-;/m.0./s1. The van der Waals surface area contributed by atoms with E-state index in [-0.39, 0.29) is 18.5 Å². The second-order valence-corrected chi connectivity index (χ2v) is 6.03. The van der Waals surface area contributed by atoms with Gasteiger partial charge in [-0.3, -0.25) is 0 Å². The van der Waals surface area contributed by atoms with E-state index in [1.54, 1.807) is 0 Å². The number of hydrogen-bond acceptors (Lipinski definition) is 3. The van der Waals surface area contributed by atoms with Gasteiger partial charge in [-0.2, -0.15) is 0 Å². The summed E-state index contributed by atoms with van der Waals surface area (Å²) in [5, 5.41) is 6.78. The van der Waals surface area contributed by atoms with Crippen LogP contribution < -0.4 is 10.6 Å². The fourth-order valence-electron chi connectivity index (χ4n) is 3.10. The van der Waals surface area contributed by atoms with E-state index < -0.39 is 0 Å². The minimum absolute atomic E-state index is 0. The fraction of sp³-hybridized carbons (Fsp3) is 0.400. The number of ether oxygens (including phenoxy) is 1. The molecule has 0 amide bonds. The summed E-state index contributed by atoms with van der Waals surface area (Å²) in [4.78, 5) is 0. The maximum atomic E-state index is 5.60. The van der Waals surface area contributed by atoms with E-state index in [2.05, 4.69) is 53.1 Å². The second-order valence-electron chi connectivity index (χ2n) is 6.03. The molecule has 4 heteroatoms. The van der Waals surface area contributed by atoms with Crippen molar-refractivity contribution in [3.8, 4) is 0 Å². The smallest absolute Gasteiger partial charge is 0.0949 e. The molecule has 2 fully saturated rings. The Morgan fingerprint density at radius 2 is 1.50 bits per heavy atom. The zero-order valence-electron chi connectivity index (χ0n) is 14.0. The van der Waals surface area contributed by atoms with Crippen molar-refractivity contribution in [3.05, 3.63) is 71.8 Å². The number of halogens is 1. The van der Waals surface area contributed by atoms with Crippen LogP contribution in [0.15, 0.2) is 60.7 Å². The molecule has 4 rings (SSSR count). The second kappa shape index (κ2) is 10.5. The lowest BCUT2D eigenvalue weighted by molar-refractivity contribution is 0.0277. The third-order valence-corrected chi connectivity index (χ3v) is 4.36. The first-order chi connectivity index (χ1) is 11.4. The molecule has 2 N–H and O–H groups in total. The molecular weight excluding hydrogens is 320 g/mol. The van der Waals surface area contributed by atoms with Crippen molar-refractivity contribution in [1.82, 2.24) is 10.6 Å². The quantitative estimate of drug-likeness (QED) is 0.865. The Morgan fingerprint density at radius 3 is 2.04 bits per heavy atom. The Labute approximate surface area is 151 Å². The van der Waals surface area contributed by atoms with Gasteiger partial charge in [-0.1, -0.05) is 60.7 Å². The molecule has 2 aromatic rings. The molecule has 0 saturated carbocycles. The molecule has 1 unspecified atom stereocenters. The minimum atomic E-state index is 0. The highest BCUT2D eigenvalue weighted by Gasteiger charge is 2.15. The number of nitrogens with one attached hydrogen (secondary N) is 2. The third kappa shape index (κ3) is 5.60. The van der Waals surface area contributed by atoms with Gasteiger partial charge >= 0.3 is 0 Å². The number of morpholine rings is 1. The fourth-order valence-corrected chi connectivity index (χ4v) is 3.10. The molecule has 0 bridgehead atoms. The Bertz CT molecular complexity index is 552. The van der Waals surface area contributed by atoms with Crippen LogP contribution >= 0.6 is 12.4 Å². The van der Waals surface area contributed by atoms with Crippen LogP contribution in [-0.4, -0.2) is 26.2 Å². The van der Waals surface area contributed by atoms with Gasteiger partial charge in [0.05, 0.1) is 12.7 Å². The van der Waals surface area contributed by atoms with Crippen LogP contribution in [0.2, 0.25) is 0 Å². The molecule has 0 spiro atoms. The molecular formula is C20H27ClN2O. The Morgan fingerprint density at radius 1 is 0.833 bits per heavy atom. The molecule has 130 valence electrons. The van der Waals surface area contributed by atoms with Crippen molar-refractivity contribution < 1.29 is 4.74 Å². The van der Waals surface area contributed by atoms with E-state index in [1.165, 1.54) is 30.5 Å². The summed E-state index contributed by atoms with van der Waals surface area (Å²) in [6, 6.07) is 21.6. The number of rotatable bonds is 2. The van der Waals surface area contributed by atoms with Gasteiger partial charge in [-0.25, -0.2) is 0 Å². The topological polar surface area (TPSA) is 33.3 Å². The molecule has 2 heterocycles. The van der Waals surface area contributed by atoms with Crippen LogP contribution in [0.1, 0.15) is 36.1 Å². The zero-order valence-corrected chi connectivity index (χ0v) is 14.8. The van der Waals surface area contributed by atoms with Crippen LogP contribution in [0.3, 0.4) is 0 Å². The zero-order chi connectivity index (χ0) is 15.7. The van der Waals surface area contributed by atoms with Gasteiger partial charge in [0.1, 0.15) is 0 Å². The van der Waals surface area contributed by atoms with Gasteiger partial charge < -0.3 is 15.4 Å². The van der Waals surface area contributed by atoms with Crippen LogP contribution in [0.4, 0.5) is 0 Å². The first-order valence-corrected chi connectivity index (χ1v) is 8.59. The normalized spacial score (nSPS) is 22.8. The molecule has 0 radical (unpaired) electrons. The van der Waals surface area contributed by atoms with Crippen molar-refractivity contribution in [2.75, 3.05) is 26.2 Å². The molecule has 0 aliphatic carbocycles. The van der Waals surface area contributed by atoms with E-state index in [1.807, 2.05) is 18.2 Å². The summed E-state index contributed by atoms with van der Waals surface area (Å²) in [5.74, 6) is 0. The highest BCUT2D eigenvalue weighted by molar-refractivity contribution is 5.85. The van der Waals surface area contributed by atoms with Crippen molar-refractivity contribution in [1.29, 1.82) is 0 Å². The van der Waals surface area contributed by atoms with Crippen LogP contribution in [0.5, 0.6) is 0 Å². The van der Waals surface area contributed by atoms with Crippen molar-refractivity contribution >= 4 is 12.4 Å². The van der Waals surface area contributed by atoms with E-state index >= 15 is 0 Å². The molecule has 2 aromatic carbocycles. The lowest BCUT2D eigenvalue weighted by atomic mass is 10.1. The van der Waals surface area contributed by atoms with Gasteiger partial charge in [0.15, 0.2) is 0 Å². The molecule has 2 atom stereocenters. The summed E-state index contributed by atoms with van der Waals surface area (Å²) in [6.07, 6.45) is 2.86. The van der Waals surface area contributed by atoms with E-state index in [0.29, 0.717) is 6.04 Å². The average molecular weight is 347 g/mol. The SMILES string of the molecule is Cl.c1ccc(C2CNCCO2)cc1.c1ccc([C@@H]2CCCN2)cc1. The lowest BCUT2D eigenvalue weighted by Gasteiger charge is -2.23. The van der Waals surface area contributed by atoms with Crippen LogP contribution in [-0.2, 0) is 4.74 Å². The molecule has 24 heavy (non-hydrogen) atoms. The highest BCUT2D eigenvalue weighted by Crippen LogP contribution is 2.21. The summed E-state index contributed by atoms with van der Waals surface area (Å²) >= 11 is 0. The molecule has 2 aliphatic rings. The van der Waals surface area contributed by atoms with E-state index in [9.17, 15) is 0 Å². The molecule has 2 aliphatic heterocycles. The van der Waals surface area contributed by atoms with E-state index in [4.69, 9.17) is 4.74 Å². The lowest BCUT2D eigenvalue weighted by Crippen LogP contribution is -2.33. The Kier molecular flexibility index (Phi) is 8.26. The summed E-state index contributed by atoms with van der Waals surface area (Å²) < 4.78 is 5.60. The Balaban J connectivity index is 0.000000167. The van der Waals surface area contributed by atoms with Crippen molar-refractivity contribution in [2.24, 2.45) is 0 Å². The van der Waals surface area contributed by atoms with Gasteiger partial charge in [0.25, 0.3) is 0 Å². The highest BCUT2D eigenvalue weighted by atomic mass is 35.5. The third-order valence-electron chi connectivity index (χ3n) is 4.36. The summed E-state index contributed by atoms with van der Waals surface area (Å²) in [7, 11) is 0. The largest absolute Gasteiger partial charge is 0.371 e. The van der Waals surface area contributed by atoms with E-state index in [0.717, 1.165) is 19.7 Å². The minimum Gasteiger partial charge on any atom is -0.371 e. The predicted molar refractivity (Wildman–Crippen MR) is 102 cm³/mol. The van der Waals surface area contributed by atoms with Crippen molar-refractivity contribution in [2.45, 2.75) is 25.0 Å². The Hall–Kier alpha value is -1.39.